The number of carbonyl (C=O) groups is 1. The highest BCUT2D eigenvalue weighted by Gasteiger charge is 2.18. The summed E-state index contributed by atoms with van der Waals surface area (Å²) in [7, 11) is 0. The van der Waals surface area contributed by atoms with Gasteiger partial charge in [0.2, 0.25) is 0 Å². The predicted molar refractivity (Wildman–Crippen MR) is 128 cm³/mol. The quantitative estimate of drug-likeness (QED) is 0.404. The lowest BCUT2D eigenvalue weighted by Gasteiger charge is -2.11. The van der Waals surface area contributed by atoms with Gasteiger partial charge in [0, 0.05) is 12.3 Å². The van der Waals surface area contributed by atoms with Gasteiger partial charge in [0.25, 0.3) is 11.5 Å². The first-order valence-electron chi connectivity index (χ1n) is 9.95. The summed E-state index contributed by atoms with van der Waals surface area (Å²) in [5, 5.41) is 2.79. The first-order valence-corrected chi connectivity index (χ1v) is 10.8. The smallest absolute Gasteiger partial charge is 0.298 e. The lowest BCUT2D eigenvalue weighted by molar-refractivity contribution is 0.103. The number of hydrogen-bond donors (Lipinski definition) is 2. The van der Waals surface area contributed by atoms with Crippen LogP contribution in [0.25, 0.3) is 16.0 Å². The highest BCUT2D eigenvalue weighted by atomic mass is 32.1. The molecule has 0 fully saturated rings. The second-order valence-corrected chi connectivity index (χ2v) is 8.08. The van der Waals surface area contributed by atoms with Gasteiger partial charge in [-0.25, -0.2) is 4.98 Å². The number of amides is 1. The van der Waals surface area contributed by atoms with Gasteiger partial charge in [0.1, 0.15) is 16.3 Å². The zero-order chi connectivity index (χ0) is 22.8. The molecular weight excluding hydrogens is 438 g/mol. The maximum atomic E-state index is 13.0. The number of hydrogen-bond acceptors (Lipinski definition) is 7. The number of para-hydroxylation sites is 1. The molecular formula is C24H17N5O3S. The molecule has 0 radical (unpaired) electrons. The van der Waals surface area contributed by atoms with Gasteiger partial charge in [-0.1, -0.05) is 24.3 Å². The van der Waals surface area contributed by atoms with Crippen LogP contribution in [0.4, 0.5) is 11.5 Å². The van der Waals surface area contributed by atoms with E-state index in [9.17, 15) is 9.59 Å². The summed E-state index contributed by atoms with van der Waals surface area (Å²) in [6, 6.07) is 21.5. The maximum Gasteiger partial charge on any atom is 0.298 e. The summed E-state index contributed by atoms with van der Waals surface area (Å²) in [6.45, 7) is 0. The second kappa shape index (κ2) is 8.56. The Bertz CT molecular complexity index is 1510. The normalized spacial score (nSPS) is 10.8. The number of nitrogens with two attached hydrogens (primary N) is 1. The third kappa shape index (κ3) is 4.17. The van der Waals surface area contributed by atoms with Crippen LogP contribution in [0.2, 0.25) is 0 Å². The second-order valence-electron chi connectivity index (χ2n) is 7.05. The Morgan fingerprint density at radius 1 is 1.00 bits per heavy atom. The first-order chi connectivity index (χ1) is 16.1. The largest absolute Gasteiger partial charge is 0.457 e. The van der Waals surface area contributed by atoms with E-state index in [0.717, 1.165) is 11.3 Å². The molecule has 5 aromatic rings. The van der Waals surface area contributed by atoms with Gasteiger partial charge in [-0.2, -0.15) is 0 Å². The lowest BCUT2D eigenvalue weighted by Crippen LogP contribution is -2.22. The van der Waals surface area contributed by atoms with Crippen LogP contribution in [0, 0.1) is 0 Å². The number of benzene rings is 2. The van der Waals surface area contributed by atoms with Crippen molar-refractivity contribution in [3.63, 3.8) is 0 Å². The summed E-state index contributed by atoms with van der Waals surface area (Å²) >= 11 is 1.15. The van der Waals surface area contributed by atoms with Gasteiger partial charge < -0.3 is 15.8 Å². The van der Waals surface area contributed by atoms with Crippen molar-refractivity contribution in [1.29, 1.82) is 0 Å². The maximum absolute atomic E-state index is 13.0. The molecule has 3 N–H and O–H groups in total. The molecule has 0 unspecified atom stereocenters. The number of rotatable bonds is 5. The first kappa shape index (κ1) is 20.4. The molecule has 0 aliphatic heterocycles. The number of fused-ring (bicyclic) bond motifs is 1. The molecule has 162 valence electrons. The Balaban J connectivity index is 1.55. The Labute approximate surface area is 191 Å². The monoisotopic (exact) mass is 455 g/mol. The Morgan fingerprint density at radius 3 is 2.61 bits per heavy atom. The number of nitrogens with one attached hydrogen (secondary N) is 1. The number of carbonyl (C=O) groups excluding carboxylic acids is 1. The van der Waals surface area contributed by atoms with E-state index < -0.39 is 5.56 Å². The van der Waals surface area contributed by atoms with E-state index in [0.29, 0.717) is 38.1 Å². The fourth-order valence-electron chi connectivity index (χ4n) is 3.30. The molecule has 0 saturated heterocycles. The highest BCUT2D eigenvalue weighted by Crippen LogP contribution is 2.28. The molecule has 33 heavy (non-hydrogen) atoms. The molecule has 0 aliphatic carbocycles. The van der Waals surface area contributed by atoms with Crippen molar-refractivity contribution in [3.8, 4) is 17.2 Å². The van der Waals surface area contributed by atoms with Gasteiger partial charge in [-0.05, 0) is 42.5 Å². The number of anilines is 2. The highest BCUT2D eigenvalue weighted by molar-refractivity contribution is 7.20. The molecule has 0 atom stereocenters. The van der Waals surface area contributed by atoms with Crippen LogP contribution < -0.4 is 21.3 Å². The van der Waals surface area contributed by atoms with E-state index in [1.54, 1.807) is 54.9 Å². The van der Waals surface area contributed by atoms with Crippen molar-refractivity contribution >= 4 is 39.1 Å². The number of thiophene rings is 1. The molecule has 0 spiro atoms. The standard InChI is InChI=1S/C24H17N5O3S/c25-21-24(31)29(16-7-4-10-18(12-16)32-17-8-2-1-3-9-17)19-13-20(33-23(19)28-21)22(30)27-15-6-5-11-26-14-15/h1-14H,(H2,25,28)(H,27,30). The Kier molecular flexibility index (Phi) is 5.29. The summed E-state index contributed by atoms with van der Waals surface area (Å²) < 4.78 is 7.34. The molecule has 0 aliphatic rings. The van der Waals surface area contributed by atoms with Gasteiger partial charge in [-0.3, -0.25) is 19.1 Å². The minimum Gasteiger partial charge on any atom is -0.457 e. The zero-order valence-corrected chi connectivity index (χ0v) is 18.0. The van der Waals surface area contributed by atoms with Crippen molar-refractivity contribution in [2.24, 2.45) is 0 Å². The minimum atomic E-state index is -0.476. The topological polar surface area (TPSA) is 112 Å². The predicted octanol–water partition coefficient (Wildman–Crippen LogP) is 4.47. The van der Waals surface area contributed by atoms with Crippen molar-refractivity contribution < 1.29 is 9.53 Å². The van der Waals surface area contributed by atoms with E-state index in [4.69, 9.17) is 10.5 Å². The Hall–Kier alpha value is -4.50. The van der Waals surface area contributed by atoms with E-state index in [2.05, 4.69) is 15.3 Å². The fraction of sp³-hybridized carbons (Fsp3) is 0. The lowest BCUT2D eigenvalue weighted by atomic mass is 10.2. The van der Waals surface area contributed by atoms with E-state index in [1.165, 1.54) is 4.57 Å². The van der Waals surface area contributed by atoms with Crippen LogP contribution in [0.3, 0.4) is 0 Å². The van der Waals surface area contributed by atoms with Gasteiger partial charge >= 0.3 is 0 Å². The van der Waals surface area contributed by atoms with Crippen LogP contribution in [0.15, 0.2) is 90.0 Å². The SMILES string of the molecule is Nc1nc2sc(C(=O)Nc3cccnc3)cc2n(-c2cccc(Oc3ccccc3)c2)c1=O. The molecule has 9 heteroatoms. The molecule has 8 nitrogen and oxygen atoms in total. The molecule has 3 heterocycles. The van der Waals surface area contributed by atoms with Crippen molar-refractivity contribution in [2.45, 2.75) is 0 Å². The van der Waals surface area contributed by atoms with Crippen LogP contribution in [-0.4, -0.2) is 20.4 Å². The average Bonchev–Trinajstić information content (AvgIpc) is 3.25. The summed E-state index contributed by atoms with van der Waals surface area (Å²) in [5.41, 5.74) is 7.03. The zero-order valence-electron chi connectivity index (χ0n) is 17.1. The van der Waals surface area contributed by atoms with E-state index >= 15 is 0 Å². The van der Waals surface area contributed by atoms with Crippen molar-refractivity contribution in [3.05, 3.63) is 100 Å². The van der Waals surface area contributed by atoms with Crippen LogP contribution >= 0.6 is 11.3 Å². The Morgan fingerprint density at radius 2 is 1.82 bits per heavy atom. The third-order valence-corrected chi connectivity index (χ3v) is 5.79. The van der Waals surface area contributed by atoms with Crippen molar-refractivity contribution in [1.82, 2.24) is 14.5 Å². The number of nitrogen functional groups attached to an aromatic ring is 1. The average molecular weight is 455 g/mol. The fourth-order valence-corrected chi connectivity index (χ4v) is 4.22. The van der Waals surface area contributed by atoms with Gasteiger partial charge in [-0.15, -0.1) is 11.3 Å². The van der Waals surface area contributed by atoms with Crippen molar-refractivity contribution in [2.75, 3.05) is 11.1 Å². The number of ether oxygens (including phenoxy) is 1. The molecule has 3 aromatic heterocycles. The minimum absolute atomic E-state index is 0.155. The molecule has 1 amide bonds. The molecule has 0 saturated carbocycles. The van der Waals surface area contributed by atoms with Crippen LogP contribution in [-0.2, 0) is 0 Å². The number of nitrogens with zero attached hydrogens (tertiary/aromatic N) is 3. The van der Waals surface area contributed by atoms with E-state index in [-0.39, 0.29) is 11.7 Å². The summed E-state index contributed by atoms with van der Waals surface area (Å²) in [5.74, 6) is 0.743. The van der Waals surface area contributed by atoms with E-state index in [1.807, 2.05) is 30.3 Å². The number of aromatic nitrogens is 3. The molecule has 2 aromatic carbocycles. The van der Waals surface area contributed by atoms with Gasteiger partial charge in [0.05, 0.1) is 28.0 Å². The van der Waals surface area contributed by atoms with Crippen LogP contribution in [0.1, 0.15) is 9.67 Å². The summed E-state index contributed by atoms with van der Waals surface area (Å²) in [4.78, 5) is 34.8. The summed E-state index contributed by atoms with van der Waals surface area (Å²) in [6.07, 6.45) is 3.17. The van der Waals surface area contributed by atoms with Crippen LogP contribution in [0.5, 0.6) is 11.5 Å². The van der Waals surface area contributed by atoms with Gasteiger partial charge in [0.15, 0.2) is 5.82 Å². The third-order valence-electron chi connectivity index (χ3n) is 4.78. The molecule has 0 bridgehead atoms. The molecule has 5 rings (SSSR count). The number of pyridine rings is 1.